The van der Waals surface area contributed by atoms with Crippen molar-refractivity contribution in [1.29, 1.82) is 0 Å². The van der Waals surface area contributed by atoms with Gasteiger partial charge in [-0.25, -0.2) is 4.98 Å². The number of rotatable bonds is 7. The molecule has 0 aliphatic heterocycles. The summed E-state index contributed by atoms with van der Waals surface area (Å²) in [6.45, 7) is 2.92. The Morgan fingerprint density at radius 1 is 1.26 bits per heavy atom. The van der Waals surface area contributed by atoms with Crippen molar-refractivity contribution in [2.24, 2.45) is 0 Å². The van der Waals surface area contributed by atoms with Crippen LogP contribution in [0.4, 0.5) is 0 Å². The molecule has 1 aromatic carbocycles. The summed E-state index contributed by atoms with van der Waals surface area (Å²) in [5.74, 6) is 0.0794. The first kappa shape index (κ1) is 15.7. The van der Waals surface area contributed by atoms with Crippen LogP contribution in [0.25, 0.3) is 16.2 Å². The zero-order chi connectivity index (χ0) is 16.1. The molecule has 0 spiro atoms. The van der Waals surface area contributed by atoms with Crippen LogP contribution in [-0.4, -0.2) is 21.8 Å². The molecule has 3 rings (SSSR count). The number of benzene rings is 1. The molecule has 2 heterocycles. The van der Waals surface area contributed by atoms with Gasteiger partial charge in [0.05, 0.1) is 12.1 Å². The van der Waals surface area contributed by atoms with Crippen LogP contribution in [0.3, 0.4) is 0 Å². The highest BCUT2D eigenvalue weighted by molar-refractivity contribution is 7.15. The van der Waals surface area contributed by atoms with Gasteiger partial charge in [0.2, 0.25) is 5.91 Å². The van der Waals surface area contributed by atoms with Crippen LogP contribution in [0.2, 0.25) is 0 Å². The van der Waals surface area contributed by atoms with Crippen molar-refractivity contribution in [3.63, 3.8) is 0 Å². The van der Waals surface area contributed by atoms with E-state index in [2.05, 4.69) is 17.2 Å². The maximum atomic E-state index is 12.1. The molecule has 0 aliphatic rings. The zero-order valence-corrected chi connectivity index (χ0v) is 14.1. The number of hydrogen-bond donors (Lipinski definition) is 1. The molecule has 0 aliphatic carbocycles. The first-order valence-electron chi connectivity index (χ1n) is 8.05. The molecule has 0 saturated heterocycles. The molecule has 0 bridgehead atoms. The molecule has 2 aromatic heterocycles. The normalized spacial score (nSPS) is 11.0. The number of nitrogens with one attached hydrogen (secondary N) is 1. The lowest BCUT2D eigenvalue weighted by Crippen LogP contribution is -2.26. The van der Waals surface area contributed by atoms with Gasteiger partial charge in [0.15, 0.2) is 4.96 Å². The molecule has 0 unspecified atom stereocenters. The predicted molar refractivity (Wildman–Crippen MR) is 94.7 cm³/mol. The topological polar surface area (TPSA) is 46.4 Å². The van der Waals surface area contributed by atoms with E-state index in [0.29, 0.717) is 6.42 Å². The minimum atomic E-state index is 0.0794. The van der Waals surface area contributed by atoms with E-state index in [-0.39, 0.29) is 5.91 Å². The van der Waals surface area contributed by atoms with Gasteiger partial charge in [0.1, 0.15) is 0 Å². The Bertz CT molecular complexity index is 776. The first-order chi connectivity index (χ1) is 11.3. The lowest BCUT2D eigenvalue weighted by molar-refractivity contribution is -0.120. The summed E-state index contributed by atoms with van der Waals surface area (Å²) < 4.78 is 2.03. The van der Waals surface area contributed by atoms with E-state index in [9.17, 15) is 4.79 Å². The third-order valence-electron chi connectivity index (χ3n) is 3.80. The number of nitrogens with zero attached hydrogens (tertiary/aromatic N) is 2. The second-order valence-corrected chi connectivity index (χ2v) is 6.44. The molecule has 120 valence electrons. The van der Waals surface area contributed by atoms with Crippen molar-refractivity contribution in [3.8, 4) is 11.3 Å². The van der Waals surface area contributed by atoms with Crippen LogP contribution in [0, 0.1) is 0 Å². The number of imidazole rings is 1. The molecule has 5 heteroatoms. The highest BCUT2D eigenvalue weighted by atomic mass is 32.1. The Labute approximate surface area is 140 Å². The van der Waals surface area contributed by atoms with E-state index >= 15 is 0 Å². The number of carbonyl (C=O) groups excluding carboxylic acids is 1. The van der Waals surface area contributed by atoms with E-state index < -0.39 is 0 Å². The van der Waals surface area contributed by atoms with Crippen LogP contribution < -0.4 is 5.32 Å². The Kier molecular flexibility index (Phi) is 5.08. The van der Waals surface area contributed by atoms with Crippen LogP contribution >= 0.6 is 11.3 Å². The Morgan fingerprint density at radius 2 is 2.09 bits per heavy atom. The van der Waals surface area contributed by atoms with Crippen molar-refractivity contribution in [3.05, 3.63) is 47.6 Å². The van der Waals surface area contributed by atoms with Gasteiger partial charge in [-0.2, -0.15) is 0 Å². The molecule has 4 nitrogen and oxygen atoms in total. The summed E-state index contributed by atoms with van der Waals surface area (Å²) in [5, 5.41) is 5.01. The summed E-state index contributed by atoms with van der Waals surface area (Å²) in [7, 11) is 0. The van der Waals surface area contributed by atoms with Crippen LogP contribution in [0.15, 0.2) is 41.9 Å². The summed E-state index contributed by atoms with van der Waals surface area (Å²) in [5.41, 5.74) is 3.04. The molecule has 1 N–H and O–H groups in total. The van der Waals surface area contributed by atoms with Gasteiger partial charge in [-0.15, -0.1) is 11.3 Å². The fraction of sp³-hybridized carbons (Fsp3) is 0.333. The summed E-state index contributed by atoms with van der Waals surface area (Å²) in [6.07, 6.45) is 5.78. The lowest BCUT2D eigenvalue weighted by Gasteiger charge is -2.04. The molecule has 0 atom stereocenters. The fourth-order valence-corrected chi connectivity index (χ4v) is 3.41. The molecule has 23 heavy (non-hydrogen) atoms. The molecule has 1 amide bonds. The second-order valence-electron chi connectivity index (χ2n) is 5.61. The van der Waals surface area contributed by atoms with Gasteiger partial charge >= 0.3 is 0 Å². The molecule has 0 fully saturated rings. The van der Waals surface area contributed by atoms with Gasteiger partial charge in [-0.05, 0) is 6.42 Å². The maximum Gasteiger partial charge on any atom is 0.225 e. The maximum absolute atomic E-state index is 12.1. The first-order valence-corrected chi connectivity index (χ1v) is 8.93. The third kappa shape index (κ3) is 3.79. The molecule has 0 radical (unpaired) electrons. The Balaban J connectivity index is 1.70. The average Bonchev–Trinajstić information content (AvgIpc) is 3.15. The monoisotopic (exact) mass is 327 g/mol. The Morgan fingerprint density at radius 3 is 2.87 bits per heavy atom. The van der Waals surface area contributed by atoms with Gasteiger partial charge in [0, 0.05) is 29.4 Å². The third-order valence-corrected chi connectivity index (χ3v) is 4.69. The quantitative estimate of drug-likeness (QED) is 0.669. The molecular formula is C18H21N3OS. The summed E-state index contributed by atoms with van der Waals surface area (Å²) in [6, 6.07) is 10.1. The minimum absolute atomic E-state index is 0.0794. The van der Waals surface area contributed by atoms with Gasteiger partial charge < -0.3 is 5.32 Å². The minimum Gasteiger partial charge on any atom is -0.356 e. The van der Waals surface area contributed by atoms with E-state index in [4.69, 9.17) is 0 Å². The zero-order valence-electron chi connectivity index (χ0n) is 13.3. The van der Waals surface area contributed by atoms with Crippen molar-refractivity contribution in [2.75, 3.05) is 6.54 Å². The Hall–Kier alpha value is -2.14. The van der Waals surface area contributed by atoms with Gasteiger partial charge in [-0.3, -0.25) is 9.20 Å². The largest absolute Gasteiger partial charge is 0.356 e. The SMILES string of the molecule is CCCCCNC(=O)Cc1csc2nc(-c3ccccc3)cn12. The van der Waals surface area contributed by atoms with Crippen molar-refractivity contribution < 1.29 is 4.79 Å². The van der Waals surface area contributed by atoms with Crippen LogP contribution in [0.5, 0.6) is 0 Å². The molecule has 0 saturated carbocycles. The number of aromatic nitrogens is 2. The summed E-state index contributed by atoms with van der Waals surface area (Å²) in [4.78, 5) is 17.6. The standard InChI is InChI=1S/C18H21N3OS/c1-2-3-7-10-19-17(22)11-15-13-23-18-20-16(12-21(15)18)14-8-5-4-6-9-14/h4-6,8-9,12-13H,2-3,7,10-11H2,1H3,(H,19,22). The average molecular weight is 327 g/mol. The smallest absolute Gasteiger partial charge is 0.225 e. The lowest BCUT2D eigenvalue weighted by atomic mass is 10.2. The number of hydrogen-bond acceptors (Lipinski definition) is 3. The van der Waals surface area contributed by atoms with Crippen molar-refractivity contribution in [2.45, 2.75) is 32.6 Å². The van der Waals surface area contributed by atoms with E-state index in [1.165, 1.54) is 6.42 Å². The van der Waals surface area contributed by atoms with Crippen LogP contribution in [0.1, 0.15) is 31.9 Å². The molecule has 3 aromatic rings. The van der Waals surface area contributed by atoms with Gasteiger partial charge in [0.25, 0.3) is 0 Å². The number of unbranched alkanes of at least 4 members (excludes halogenated alkanes) is 2. The number of thiazole rings is 1. The van der Waals surface area contributed by atoms with E-state index in [0.717, 1.165) is 41.3 Å². The van der Waals surface area contributed by atoms with E-state index in [1.54, 1.807) is 11.3 Å². The van der Waals surface area contributed by atoms with Crippen molar-refractivity contribution >= 4 is 22.2 Å². The van der Waals surface area contributed by atoms with Crippen LogP contribution in [-0.2, 0) is 11.2 Å². The summed E-state index contributed by atoms with van der Waals surface area (Å²) >= 11 is 1.58. The number of fused-ring (bicyclic) bond motifs is 1. The van der Waals surface area contributed by atoms with Gasteiger partial charge in [-0.1, -0.05) is 50.1 Å². The van der Waals surface area contributed by atoms with Crippen molar-refractivity contribution in [1.82, 2.24) is 14.7 Å². The number of carbonyl (C=O) groups is 1. The fourth-order valence-electron chi connectivity index (χ4n) is 2.53. The van der Waals surface area contributed by atoms with E-state index in [1.807, 2.05) is 46.3 Å². The number of amides is 1. The second kappa shape index (κ2) is 7.42. The highest BCUT2D eigenvalue weighted by Gasteiger charge is 2.12. The predicted octanol–water partition coefficient (Wildman–Crippen LogP) is 3.91. The highest BCUT2D eigenvalue weighted by Crippen LogP contribution is 2.23. The molecular weight excluding hydrogens is 306 g/mol.